The van der Waals surface area contributed by atoms with Gasteiger partial charge in [0.05, 0.1) is 7.11 Å². The van der Waals surface area contributed by atoms with Gasteiger partial charge in [-0.25, -0.2) is 9.98 Å². The first-order valence-electron chi connectivity index (χ1n) is 15.7. The molecule has 0 amide bonds. The molecule has 1 aliphatic carbocycles. The fourth-order valence-electron chi connectivity index (χ4n) is 4.77. The van der Waals surface area contributed by atoms with Gasteiger partial charge in [0.25, 0.3) is 0 Å². The SMILES string of the molecule is CN=CN=C(Sc1cccc(NC(N=C(N)/C=C(\O)C(C)(C)C)=C2CC2)c1)c1ccc(OC)c(OCCN2CCC(CO)CC2)c1. The number of methoxy groups -OCH3 is 1. The van der Waals surface area contributed by atoms with E-state index in [0.29, 0.717) is 29.8 Å². The Morgan fingerprint density at radius 3 is 2.54 bits per heavy atom. The molecule has 0 bridgehead atoms. The van der Waals surface area contributed by atoms with Crippen LogP contribution < -0.4 is 20.5 Å². The molecular formula is C35H48N6O4S. The van der Waals surface area contributed by atoms with E-state index >= 15 is 0 Å². The minimum absolute atomic E-state index is 0.181. The zero-order valence-corrected chi connectivity index (χ0v) is 28.4. The zero-order valence-electron chi connectivity index (χ0n) is 27.6. The van der Waals surface area contributed by atoms with E-state index in [-0.39, 0.29) is 18.2 Å². The van der Waals surface area contributed by atoms with Gasteiger partial charge >= 0.3 is 0 Å². The number of likely N-dealkylation sites (tertiary alicyclic amines) is 1. The van der Waals surface area contributed by atoms with Gasteiger partial charge in [0, 0.05) is 47.8 Å². The van der Waals surface area contributed by atoms with Gasteiger partial charge in [-0.3, -0.25) is 9.89 Å². The number of hydrogen-bond donors (Lipinski definition) is 4. The average molecular weight is 649 g/mol. The highest BCUT2D eigenvalue weighted by molar-refractivity contribution is 8.14. The van der Waals surface area contributed by atoms with Crippen LogP contribution in [0.5, 0.6) is 11.5 Å². The van der Waals surface area contributed by atoms with Crippen molar-refractivity contribution in [2.45, 2.75) is 51.3 Å². The number of benzene rings is 2. The monoisotopic (exact) mass is 648 g/mol. The van der Waals surface area contributed by atoms with Gasteiger partial charge in [-0.2, -0.15) is 0 Å². The van der Waals surface area contributed by atoms with Crippen molar-refractivity contribution in [2.75, 3.05) is 52.3 Å². The van der Waals surface area contributed by atoms with Crippen LogP contribution in [0.2, 0.25) is 0 Å². The molecule has 0 aromatic heterocycles. The molecule has 0 radical (unpaired) electrons. The molecular weight excluding hydrogens is 600 g/mol. The van der Waals surface area contributed by atoms with E-state index in [0.717, 1.165) is 66.5 Å². The number of aliphatic hydroxyl groups is 2. The first-order chi connectivity index (χ1) is 22.1. The van der Waals surface area contributed by atoms with Crippen molar-refractivity contribution in [3.05, 3.63) is 71.3 Å². The number of hydrogen-bond acceptors (Lipinski definition) is 9. The third kappa shape index (κ3) is 10.6. The highest BCUT2D eigenvalue weighted by Crippen LogP contribution is 2.35. The second-order valence-electron chi connectivity index (χ2n) is 12.5. The molecule has 0 atom stereocenters. The second-order valence-corrected chi connectivity index (χ2v) is 13.6. The molecule has 0 spiro atoms. The van der Waals surface area contributed by atoms with E-state index in [1.54, 1.807) is 20.5 Å². The van der Waals surface area contributed by atoms with Crippen LogP contribution in [0.1, 0.15) is 52.0 Å². The van der Waals surface area contributed by atoms with E-state index in [9.17, 15) is 10.2 Å². The van der Waals surface area contributed by atoms with E-state index in [1.807, 2.05) is 63.2 Å². The molecule has 5 N–H and O–H groups in total. The molecule has 11 heteroatoms. The lowest BCUT2D eigenvalue weighted by Crippen LogP contribution is -2.37. The third-order valence-corrected chi connectivity index (χ3v) is 8.80. The Hall–Kier alpha value is -3.80. The highest BCUT2D eigenvalue weighted by Gasteiger charge is 2.21. The topological polar surface area (TPSA) is 137 Å². The van der Waals surface area contributed by atoms with Crippen molar-refractivity contribution in [3.63, 3.8) is 0 Å². The Labute approximate surface area is 277 Å². The number of nitrogens with one attached hydrogen (secondary N) is 1. The Bertz CT molecular complexity index is 1480. The lowest BCUT2D eigenvalue weighted by Gasteiger charge is -2.30. The molecule has 2 aromatic rings. The van der Waals surface area contributed by atoms with Crippen LogP contribution in [-0.4, -0.2) is 79.3 Å². The number of thioether (sulfide) groups is 1. The van der Waals surface area contributed by atoms with Crippen molar-refractivity contribution in [3.8, 4) is 11.5 Å². The molecule has 248 valence electrons. The largest absolute Gasteiger partial charge is 0.512 e. The maximum absolute atomic E-state index is 10.4. The minimum Gasteiger partial charge on any atom is -0.512 e. The molecule has 46 heavy (non-hydrogen) atoms. The van der Waals surface area contributed by atoms with Crippen molar-refractivity contribution < 1.29 is 19.7 Å². The maximum atomic E-state index is 10.4. The van der Waals surface area contributed by atoms with E-state index < -0.39 is 5.41 Å². The van der Waals surface area contributed by atoms with Crippen LogP contribution in [0.15, 0.2) is 85.6 Å². The number of allylic oxidation sites excluding steroid dienone is 2. The summed E-state index contributed by atoms with van der Waals surface area (Å²) in [5.41, 5.74) is 8.71. The fraction of sp³-hybridized carbons (Fsp3) is 0.457. The Morgan fingerprint density at radius 2 is 1.89 bits per heavy atom. The Kier molecular flexibility index (Phi) is 12.7. The first kappa shape index (κ1) is 35.1. The minimum atomic E-state index is -0.414. The number of ether oxygens (including phenoxy) is 2. The summed E-state index contributed by atoms with van der Waals surface area (Å²) >= 11 is 1.52. The molecule has 2 aromatic carbocycles. The molecule has 2 fully saturated rings. The summed E-state index contributed by atoms with van der Waals surface area (Å²) in [4.78, 5) is 16.7. The van der Waals surface area contributed by atoms with Crippen molar-refractivity contribution in [1.82, 2.24) is 4.90 Å². The molecule has 1 saturated heterocycles. The number of nitrogens with two attached hydrogens (primary N) is 1. The zero-order chi connectivity index (χ0) is 33.1. The number of anilines is 1. The number of aliphatic hydroxyl groups excluding tert-OH is 2. The number of aliphatic imine (C=N–C) groups is 3. The van der Waals surface area contributed by atoms with Crippen molar-refractivity contribution >= 4 is 34.7 Å². The van der Waals surface area contributed by atoms with Crippen LogP contribution in [-0.2, 0) is 0 Å². The van der Waals surface area contributed by atoms with Gasteiger partial charge < -0.3 is 30.7 Å². The van der Waals surface area contributed by atoms with E-state index in [2.05, 4.69) is 25.2 Å². The lowest BCUT2D eigenvalue weighted by atomic mass is 9.93. The van der Waals surface area contributed by atoms with E-state index in [1.165, 1.54) is 23.4 Å². The molecule has 2 aliphatic rings. The third-order valence-electron chi connectivity index (χ3n) is 7.77. The van der Waals surface area contributed by atoms with Crippen LogP contribution >= 0.6 is 11.8 Å². The van der Waals surface area contributed by atoms with Crippen LogP contribution in [0.25, 0.3) is 0 Å². The Morgan fingerprint density at radius 1 is 1.13 bits per heavy atom. The van der Waals surface area contributed by atoms with Gasteiger partial charge in [-0.15, -0.1) is 0 Å². The summed E-state index contributed by atoms with van der Waals surface area (Å²) in [6, 6.07) is 13.9. The predicted octanol–water partition coefficient (Wildman–Crippen LogP) is 6.24. The summed E-state index contributed by atoms with van der Waals surface area (Å²) in [5.74, 6) is 2.86. The van der Waals surface area contributed by atoms with E-state index in [4.69, 9.17) is 15.2 Å². The van der Waals surface area contributed by atoms with Gasteiger partial charge in [-0.05, 0) is 86.7 Å². The summed E-state index contributed by atoms with van der Waals surface area (Å²) in [7, 11) is 3.33. The van der Waals surface area contributed by atoms with Gasteiger partial charge in [0.1, 0.15) is 35.4 Å². The first-order valence-corrected chi connectivity index (χ1v) is 16.6. The van der Waals surface area contributed by atoms with Crippen molar-refractivity contribution in [2.24, 2.45) is 32.0 Å². The smallest absolute Gasteiger partial charge is 0.161 e. The normalized spacial score (nSPS) is 17.0. The molecule has 1 aliphatic heterocycles. The van der Waals surface area contributed by atoms with Crippen LogP contribution in [0.4, 0.5) is 5.69 Å². The standard InChI is InChI=1S/C35H48N6O4S/c1-35(2,3)31(43)21-32(36)40-33(25-9-10-25)39-27-7-6-8-28(20-27)46-34(38-23-37-4)26-11-12-29(44-5)30(19-26)45-18-17-41-15-13-24(22-42)14-16-41/h6-8,11-12,19-21,23-24,39,42-43H,9-10,13-18,22H2,1-5H3,(H2,36,40)/b31-21-,37-23?,38-34?. The number of nitrogens with zero attached hydrogens (tertiary/aromatic N) is 4. The molecule has 1 heterocycles. The number of amidine groups is 1. The molecule has 4 rings (SSSR count). The second kappa shape index (κ2) is 16.7. The van der Waals surface area contributed by atoms with Crippen LogP contribution in [0, 0.1) is 11.3 Å². The number of rotatable bonds is 13. The van der Waals surface area contributed by atoms with Gasteiger partial charge in [0.15, 0.2) is 11.5 Å². The van der Waals surface area contributed by atoms with Crippen molar-refractivity contribution in [1.29, 1.82) is 0 Å². The quantitative estimate of drug-likeness (QED) is 0.0868. The summed E-state index contributed by atoms with van der Waals surface area (Å²) in [6.07, 6.45) is 7.00. The summed E-state index contributed by atoms with van der Waals surface area (Å²) in [5, 5.41) is 24.0. The lowest BCUT2D eigenvalue weighted by molar-refractivity contribution is 0.118. The number of piperidine rings is 1. The maximum Gasteiger partial charge on any atom is 0.161 e. The molecule has 1 saturated carbocycles. The van der Waals surface area contributed by atoms with Crippen LogP contribution in [0.3, 0.4) is 0 Å². The summed E-state index contributed by atoms with van der Waals surface area (Å²) in [6.45, 7) is 9.31. The van der Waals surface area contributed by atoms with Gasteiger partial charge in [-0.1, -0.05) is 38.6 Å². The predicted molar refractivity (Wildman–Crippen MR) is 190 cm³/mol. The molecule has 10 nitrogen and oxygen atoms in total. The van der Waals surface area contributed by atoms with Gasteiger partial charge in [0.2, 0.25) is 0 Å². The highest BCUT2D eigenvalue weighted by atomic mass is 32.2. The Balaban J connectivity index is 1.48. The summed E-state index contributed by atoms with van der Waals surface area (Å²) < 4.78 is 11.8. The average Bonchev–Trinajstić information content (AvgIpc) is 3.89. The molecule has 0 unspecified atom stereocenters. The fourth-order valence-corrected chi connectivity index (χ4v) is 5.67.